The zero-order valence-corrected chi connectivity index (χ0v) is 9.98. The van der Waals surface area contributed by atoms with Crippen LogP contribution >= 0.6 is 0 Å². The number of rotatable bonds is 3. The first-order valence-electron chi connectivity index (χ1n) is 6.42. The molecular formula is C12H22N2O2. The van der Waals surface area contributed by atoms with E-state index in [9.17, 15) is 9.90 Å². The van der Waals surface area contributed by atoms with Crippen LogP contribution in [0.1, 0.15) is 45.4 Å². The molecule has 1 heterocycles. The Labute approximate surface area is 97.0 Å². The number of amides is 2. The summed E-state index contributed by atoms with van der Waals surface area (Å²) in [4.78, 5) is 13.9. The Balaban J connectivity index is 1.83. The number of hydrogen-bond donors (Lipinski definition) is 2. The maximum atomic E-state index is 12.0. The van der Waals surface area contributed by atoms with Gasteiger partial charge in [-0.1, -0.05) is 0 Å². The molecule has 0 aromatic rings. The first-order valence-corrected chi connectivity index (χ1v) is 6.42. The quantitative estimate of drug-likeness (QED) is 0.766. The van der Waals surface area contributed by atoms with Gasteiger partial charge in [-0.3, -0.25) is 0 Å². The predicted molar refractivity (Wildman–Crippen MR) is 62.2 cm³/mol. The summed E-state index contributed by atoms with van der Waals surface area (Å²) >= 11 is 0. The van der Waals surface area contributed by atoms with Crippen LogP contribution in [0.3, 0.4) is 0 Å². The first kappa shape index (κ1) is 11.7. The number of carbonyl (C=O) groups excluding carboxylic acids is 1. The summed E-state index contributed by atoms with van der Waals surface area (Å²) in [6, 6.07) is 0.716. The van der Waals surface area contributed by atoms with Gasteiger partial charge in [-0.15, -0.1) is 0 Å². The summed E-state index contributed by atoms with van der Waals surface area (Å²) in [5, 5.41) is 12.5. The van der Waals surface area contributed by atoms with Gasteiger partial charge in [0, 0.05) is 18.6 Å². The van der Waals surface area contributed by atoms with Gasteiger partial charge < -0.3 is 15.3 Å². The first-order chi connectivity index (χ1) is 7.66. The van der Waals surface area contributed by atoms with Crippen molar-refractivity contribution in [3.8, 4) is 0 Å². The van der Waals surface area contributed by atoms with Gasteiger partial charge in [0.2, 0.25) is 0 Å². The number of aliphatic hydroxyl groups excluding tert-OH is 1. The molecule has 0 radical (unpaired) electrons. The third kappa shape index (κ3) is 2.67. The van der Waals surface area contributed by atoms with Crippen molar-refractivity contribution in [2.45, 2.75) is 63.6 Å². The minimum Gasteiger partial charge on any atom is -0.393 e. The number of likely N-dealkylation sites (tertiary alicyclic amines) is 1. The molecule has 2 unspecified atom stereocenters. The Morgan fingerprint density at radius 1 is 1.44 bits per heavy atom. The molecule has 92 valence electrons. The fourth-order valence-corrected chi connectivity index (χ4v) is 2.55. The number of nitrogens with zero attached hydrogens (tertiary/aromatic N) is 1. The smallest absolute Gasteiger partial charge is 0.317 e. The monoisotopic (exact) mass is 226 g/mol. The summed E-state index contributed by atoms with van der Waals surface area (Å²) < 4.78 is 0. The zero-order valence-electron chi connectivity index (χ0n) is 9.98. The molecule has 4 heteroatoms. The highest BCUT2D eigenvalue weighted by Crippen LogP contribution is 2.23. The highest BCUT2D eigenvalue weighted by atomic mass is 16.3. The molecule has 2 amide bonds. The van der Waals surface area contributed by atoms with Crippen LogP contribution in [0.2, 0.25) is 0 Å². The second-order valence-corrected chi connectivity index (χ2v) is 5.15. The fourth-order valence-electron chi connectivity index (χ4n) is 2.55. The largest absolute Gasteiger partial charge is 0.393 e. The van der Waals surface area contributed by atoms with E-state index in [2.05, 4.69) is 5.32 Å². The maximum Gasteiger partial charge on any atom is 0.317 e. The summed E-state index contributed by atoms with van der Waals surface area (Å²) in [7, 11) is 0. The lowest BCUT2D eigenvalue weighted by molar-refractivity contribution is 0.135. The topological polar surface area (TPSA) is 52.6 Å². The molecule has 2 rings (SSSR count). The van der Waals surface area contributed by atoms with E-state index in [4.69, 9.17) is 0 Å². The Bertz CT molecular complexity index is 251. The van der Waals surface area contributed by atoms with Crippen LogP contribution in [-0.2, 0) is 0 Å². The van der Waals surface area contributed by atoms with Crippen LogP contribution in [-0.4, -0.2) is 40.8 Å². The molecule has 0 bridgehead atoms. The van der Waals surface area contributed by atoms with Crippen molar-refractivity contribution >= 4 is 6.03 Å². The van der Waals surface area contributed by atoms with Crippen LogP contribution in [0.25, 0.3) is 0 Å². The van der Waals surface area contributed by atoms with Crippen LogP contribution < -0.4 is 5.32 Å². The second-order valence-electron chi connectivity index (χ2n) is 5.15. The highest BCUT2D eigenvalue weighted by molar-refractivity contribution is 5.75. The molecule has 2 aliphatic rings. The number of urea groups is 1. The van der Waals surface area contributed by atoms with E-state index in [0.29, 0.717) is 12.5 Å². The van der Waals surface area contributed by atoms with Crippen molar-refractivity contribution in [2.24, 2.45) is 0 Å². The van der Waals surface area contributed by atoms with E-state index < -0.39 is 0 Å². The van der Waals surface area contributed by atoms with Crippen molar-refractivity contribution in [1.29, 1.82) is 0 Å². The molecule has 0 aromatic heterocycles. The molecule has 1 aliphatic carbocycles. The summed E-state index contributed by atoms with van der Waals surface area (Å²) in [5.41, 5.74) is 0. The molecule has 1 saturated carbocycles. The molecule has 2 atom stereocenters. The number of hydrogen-bond acceptors (Lipinski definition) is 2. The van der Waals surface area contributed by atoms with E-state index >= 15 is 0 Å². The Hall–Kier alpha value is -0.770. The Morgan fingerprint density at radius 3 is 2.75 bits per heavy atom. The van der Waals surface area contributed by atoms with Crippen molar-refractivity contribution in [1.82, 2.24) is 10.2 Å². The number of carbonyl (C=O) groups is 1. The third-order valence-electron chi connectivity index (χ3n) is 3.68. The van der Waals surface area contributed by atoms with Gasteiger partial charge in [0.15, 0.2) is 0 Å². The minimum atomic E-state index is -0.317. The van der Waals surface area contributed by atoms with Gasteiger partial charge >= 0.3 is 6.03 Å². The molecule has 1 saturated heterocycles. The molecule has 0 spiro atoms. The van der Waals surface area contributed by atoms with E-state index in [1.165, 1.54) is 6.42 Å². The van der Waals surface area contributed by atoms with Crippen LogP contribution in [0, 0.1) is 0 Å². The number of nitrogens with one attached hydrogen (secondary N) is 1. The highest BCUT2D eigenvalue weighted by Gasteiger charge is 2.31. The predicted octanol–water partition coefficient (Wildman–Crippen LogP) is 1.48. The summed E-state index contributed by atoms with van der Waals surface area (Å²) in [6.45, 7) is 2.64. The summed E-state index contributed by atoms with van der Waals surface area (Å²) in [6.07, 6.45) is 5.97. The van der Waals surface area contributed by atoms with Gasteiger partial charge in [-0.05, 0) is 45.4 Å². The molecule has 1 aliphatic heterocycles. The lowest BCUT2D eigenvalue weighted by atomic mass is 9.93. The van der Waals surface area contributed by atoms with Crippen LogP contribution in [0.4, 0.5) is 4.79 Å². The van der Waals surface area contributed by atoms with Crippen LogP contribution in [0.5, 0.6) is 0 Å². The van der Waals surface area contributed by atoms with Crippen molar-refractivity contribution in [3.05, 3.63) is 0 Å². The second kappa shape index (κ2) is 5.04. The van der Waals surface area contributed by atoms with Gasteiger partial charge in [0.25, 0.3) is 0 Å². The van der Waals surface area contributed by atoms with E-state index in [1.54, 1.807) is 6.92 Å². The maximum absolute atomic E-state index is 12.0. The van der Waals surface area contributed by atoms with Crippen molar-refractivity contribution in [2.75, 3.05) is 6.54 Å². The van der Waals surface area contributed by atoms with Crippen molar-refractivity contribution < 1.29 is 9.90 Å². The van der Waals surface area contributed by atoms with Gasteiger partial charge in [-0.25, -0.2) is 4.79 Å². The van der Waals surface area contributed by atoms with Crippen molar-refractivity contribution in [3.63, 3.8) is 0 Å². The fraction of sp³-hybridized carbons (Fsp3) is 0.917. The zero-order chi connectivity index (χ0) is 11.5. The average Bonchev–Trinajstić information content (AvgIpc) is 2.58. The number of aliphatic hydroxyl groups is 1. The lowest BCUT2D eigenvalue weighted by Crippen LogP contribution is -2.49. The summed E-state index contributed by atoms with van der Waals surface area (Å²) in [5.74, 6) is 0. The van der Waals surface area contributed by atoms with Gasteiger partial charge in [-0.2, -0.15) is 0 Å². The van der Waals surface area contributed by atoms with Gasteiger partial charge in [0.05, 0.1) is 6.10 Å². The normalized spacial score (nSPS) is 27.6. The lowest BCUT2D eigenvalue weighted by Gasteiger charge is -2.31. The standard InChI is InChI=1S/C12H22N2O2/c1-9(15)8-11-6-3-7-14(11)12(16)13-10-4-2-5-10/h9-11,15H,2-8H2,1H3,(H,13,16). The van der Waals surface area contributed by atoms with Gasteiger partial charge in [0.1, 0.15) is 0 Å². The third-order valence-corrected chi connectivity index (χ3v) is 3.68. The Morgan fingerprint density at radius 2 is 2.19 bits per heavy atom. The van der Waals surface area contributed by atoms with Crippen LogP contribution in [0.15, 0.2) is 0 Å². The molecule has 2 N–H and O–H groups in total. The minimum absolute atomic E-state index is 0.0767. The van der Waals surface area contributed by atoms with E-state index in [-0.39, 0.29) is 18.2 Å². The molecule has 2 fully saturated rings. The van der Waals surface area contributed by atoms with E-state index in [1.807, 2.05) is 4.90 Å². The average molecular weight is 226 g/mol. The molecule has 0 aromatic carbocycles. The molecule has 4 nitrogen and oxygen atoms in total. The Kier molecular flexibility index (Phi) is 3.69. The SMILES string of the molecule is CC(O)CC1CCCN1C(=O)NC1CCC1. The van der Waals surface area contributed by atoms with E-state index in [0.717, 1.165) is 32.2 Å². The molecule has 16 heavy (non-hydrogen) atoms. The molecular weight excluding hydrogens is 204 g/mol.